The van der Waals surface area contributed by atoms with Crippen molar-refractivity contribution in [2.24, 2.45) is 0 Å². The van der Waals surface area contributed by atoms with Gasteiger partial charge < -0.3 is 16.0 Å². The number of rotatable bonds is 6. The maximum absolute atomic E-state index is 12.4. The highest BCUT2D eigenvalue weighted by Crippen LogP contribution is 2.20. The summed E-state index contributed by atoms with van der Waals surface area (Å²) in [5, 5.41) is 7.91. The molecule has 0 radical (unpaired) electrons. The molecular weight excluding hydrogens is 346 g/mol. The molecule has 1 aliphatic rings. The average Bonchev–Trinajstić information content (AvgIpc) is 3.45. The summed E-state index contributed by atoms with van der Waals surface area (Å²) in [6.45, 7) is 1.32. The second kappa shape index (κ2) is 7.82. The van der Waals surface area contributed by atoms with E-state index in [1.807, 2.05) is 0 Å². The number of carbonyl (C=O) groups excluding carboxylic acids is 4. The fourth-order valence-electron chi connectivity index (χ4n) is 2.49. The lowest BCUT2D eigenvalue weighted by molar-refractivity contribution is -0.114. The Balaban J connectivity index is 1.67. The van der Waals surface area contributed by atoms with Crippen LogP contribution >= 0.6 is 0 Å². The van der Waals surface area contributed by atoms with E-state index >= 15 is 0 Å². The van der Waals surface area contributed by atoms with Gasteiger partial charge >= 0.3 is 0 Å². The molecule has 138 valence electrons. The molecule has 1 saturated carbocycles. The summed E-state index contributed by atoms with van der Waals surface area (Å²) in [6.07, 6.45) is 2.00. The Bertz CT molecular complexity index is 902. The number of Topliss-reactive ketones (excluding diaryl/α,β-unsaturated/α-hetero) is 1. The van der Waals surface area contributed by atoms with Crippen LogP contribution in [0.3, 0.4) is 0 Å². The number of amides is 3. The van der Waals surface area contributed by atoms with Gasteiger partial charge in [0.2, 0.25) is 5.91 Å². The fraction of sp³-hybridized carbons (Fsp3) is 0.200. The molecule has 0 atom stereocenters. The van der Waals surface area contributed by atoms with Crippen LogP contribution in [0.2, 0.25) is 0 Å². The second-order valence-corrected chi connectivity index (χ2v) is 6.34. The van der Waals surface area contributed by atoms with Crippen LogP contribution < -0.4 is 16.0 Å². The van der Waals surface area contributed by atoms with Crippen LogP contribution in [0.25, 0.3) is 0 Å². The number of anilines is 2. The van der Waals surface area contributed by atoms with Crippen molar-refractivity contribution in [3.63, 3.8) is 0 Å². The molecule has 7 heteroatoms. The van der Waals surface area contributed by atoms with Gasteiger partial charge in [0, 0.05) is 24.2 Å². The molecule has 3 amide bonds. The van der Waals surface area contributed by atoms with Crippen LogP contribution in [0.15, 0.2) is 48.5 Å². The largest absolute Gasteiger partial charge is 0.349 e. The van der Waals surface area contributed by atoms with Gasteiger partial charge in [-0.2, -0.15) is 0 Å². The molecule has 1 aliphatic carbocycles. The molecule has 1 fully saturated rings. The molecule has 7 nitrogen and oxygen atoms in total. The molecule has 3 rings (SSSR count). The van der Waals surface area contributed by atoms with E-state index in [2.05, 4.69) is 16.0 Å². The molecule has 0 saturated heterocycles. The zero-order valence-corrected chi connectivity index (χ0v) is 14.7. The van der Waals surface area contributed by atoms with Gasteiger partial charge in [0.05, 0.1) is 11.3 Å². The van der Waals surface area contributed by atoms with Gasteiger partial charge in [-0.05, 0) is 49.2 Å². The third kappa shape index (κ3) is 4.78. The Hall–Kier alpha value is -3.48. The first-order valence-electron chi connectivity index (χ1n) is 8.57. The highest BCUT2D eigenvalue weighted by Gasteiger charge is 2.24. The first-order valence-corrected chi connectivity index (χ1v) is 8.57. The lowest BCUT2D eigenvalue weighted by atomic mass is 10.1. The molecule has 27 heavy (non-hydrogen) atoms. The minimum Gasteiger partial charge on any atom is -0.349 e. The van der Waals surface area contributed by atoms with Gasteiger partial charge in [-0.15, -0.1) is 0 Å². The van der Waals surface area contributed by atoms with E-state index in [0.717, 1.165) is 12.8 Å². The maximum atomic E-state index is 12.4. The minimum absolute atomic E-state index is 0.102. The van der Waals surface area contributed by atoms with E-state index in [0.29, 0.717) is 11.3 Å². The summed E-state index contributed by atoms with van der Waals surface area (Å²) >= 11 is 0. The van der Waals surface area contributed by atoms with Crippen LogP contribution in [0.4, 0.5) is 11.4 Å². The molecule has 0 unspecified atom stereocenters. The summed E-state index contributed by atoms with van der Waals surface area (Å²) in [5.74, 6) is -2.09. The van der Waals surface area contributed by atoms with E-state index in [4.69, 9.17) is 0 Å². The minimum atomic E-state index is -0.831. The summed E-state index contributed by atoms with van der Waals surface area (Å²) in [5.41, 5.74) is 1.26. The topological polar surface area (TPSA) is 104 Å². The number of ketones is 1. The van der Waals surface area contributed by atoms with Gasteiger partial charge in [-0.1, -0.05) is 12.1 Å². The molecule has 2 aromatic carbocycles. The summed E-state index contributed by atoms with van der Waals surface area (Å²) < 4.78 is 0. The Morgan fingerprint density at radius 2 is 1.56 bits per heavy atom. The van der Waals surface area contributed by atoms with Crippen LogP contribution in [-0.4, -0.2) is 29.5 Å². The van der Waals surface area contributed by atoms with Gasteiger partial charge in [-0.3, -0.25) is 19.2 Å². The molecule has 0 aromatic heterocycles. The Labute approximate surface area is 156 Å². The predicted octanol–water partition coefficient (Wildman–Crippen LogP) is 2.36. The fourth-order valence-corrected chi connectivity index (χ4v) is 2.49. The maximum Gasteiger partial charge on any atom is 0.296 e. The number of hydrogen-bond donors (Lipinski definition) is 3. The quantitative estimate of drug-likeness (QED) is 0.540. The van der Waals surface area contributed by atoms with Gasteiger partial charge in [-0.25, -0.2) is 0 Å². The monoisotopic (exact) mass is 365 g/mol. The van der Waals surface area contributed by atoms with Crippen LogP contribution in [0, 0.1) is 0 Å². The van der Waals surface area contributed by atoms with Crippen molar-refractivity contribution in [2.75, 3.05) is 10.6 Å². The molecular formula is C20H19N3O4. The third-order valence-electron chi connectivity index (χ3n) is 4.01. The van der Waals surface area contributed by atoms with Crippen molar-refractivity contribution in [1.29, 1.82) is 0 Å². The van der Waals surface area contributed by atoms with Crippen molar-refractivity contribution < 1.29 is 19.2 Å². The Morgan fingerprint density at radius 3 is 2.19 bits per heavy atom. The van der Waals surface area contributed by atoms with Gasteiger partial charge in [0.1, 0.15) is 0 Å². The van der Waals surface area contributed by atoms with Gasteiger partial charge in [0.15, 0.2) is 0 Å². The molecule has 0 heterocycles. The first kappa shape index (κ1) is 18.3. The van der Waals surface area contributed by atoms with Gasteiger partial charge in [0.25, 0.3) is 17.6 Å². The number of carbonyl (C=O) groups is 4. The zero-order chi connectivity index (χ0) is 19.4. The number of benzene rings is 2. The third-order valence-corrected chi connectivity index (χ3v) is 4.01. The summed E-state index contributed by atoms with van der Waals surface area (Å²) in [6, 6.07) is 12.8. The highest BCUT2D eigenvalue weighted by molar-refractivity contribution is 6.47. The zero-order valence-electron chi connectivity index (χ0n) is 14.7. The highest BCUT2D eigenvalue weighted by atomic mass is 16.2. The summed E-state index contributed by atoms with van der Waals surface area (Å²) in [7, 11) is 0. The lowest BCUT2D eigenvalue weighted by Gasteiger charge is -2.10. The van der Waals surface area contributed by atoms with Crippen LogP contribution in [0.5, 0.6) is 0 Å². The normalized spacial score (nSPS) is 12.8. The lowest BCUT2D eigenvalue weighted by Crippen LogP contribution is -2.26. The van der Waals surface area contributed by atoms with Crippen molar-refractivity contribution >= 4 is 34.9 Å². The van der Waals surface area contributed by atoms with E-state index in [1.165, 1.54) is 13.0 Å². The average molecular weight is 365 g/mol. The standard InChI is InChI=1S/C20H19N3O4/c1-12(24)21-17-5-3-2-4-16(17)18(25)20(27)23-14-8-6-13(7-9-14)19(26)22-15-10-11-15/h2-9,15H,10-11H2,1H3,(H,21,24)(H,22,26)(H,23,27). The predicted molar refractivity (Wildman–Crippen MR) is 101 cm³/mol. The van der Waals surface area contributed by atoms with Crippen molar-refractivity contribution in [3.05, 3.63) is 59.7 Å². The van der Waals surface area contributed by atoms with Crippen LogP contribution in [0.1, 0.15) is 40.5 Å². The molecule has 0 bridgehead atoms. The van der Waals surface area contributed by atoms with E-state index in [9.17, 15) is 19.2 Å². The van der Waals surface area contributed by atoms with E-state index in [1.54, 1.807) is 42.5 Å². The van der Waals surface area contributed by atoms with Crippen molar-refractivity contribution in [2.45, 2.75) is 25.8 Å². The second-order valence-electron chi connectivity index (χ2n) is 6.34. The Morgan fingerprint density at radius 1 is 0.889 bits per heavy atom. The van der Waals surface area contributed by atoms with E-state index < -0.39 is 11.7 Å². The Kier molecular flexibility index (Phi) is 5.30. The molecule has 3 N–H and O–H groups in total. The van der Waals surface area contributed by atoms with Crippen molar-refractivity contribution in [3.8, 4) is 0 Å². The van der Waals surface area contributed by atoms with Crippen LogP contribution in [-0.2, 0) is 9.59 Å². The first-order chi connectivity index (χ1) is 12.9. The SMILES string of the molecule is CC(=O)Nc1ccccc1C(=O)C(=O)Nc1ccc(C(=O)NC2CC2)cc1. The number of para-hydroxylation sites is 1. The molecule has 0 spiro atoms. The smallest absolute Gasteiger partial charge is 0.296 e. The number of hydrogen-bond acceptors (Lipinski definition) is 4. The van der Waals surface area contributed by atoms with Crippen molar-refractivity contribution in [1.82, 2.24) is 5.32 Å². The van der Waals surface area contributed by atoms with E-state index in [-0.39, 0.29) is 29.1 Å². The molecule has 0 aliphatic heterocycles. The number of nitrogens with one attached hydrogen (secondary N) is 3. The summed E-state index contributed by atoms with van der Waals surface area (Å²) in [4.78, 5) is 47.9. The molecule has 2 aromatic rings.